The Morgan fingerprint density at radius 1 is 0.833 bits per heavy atom. The standard InChI is InChI=1S/C31H37NO4/c1-8-36-31(33)28-26(18-23-12-10-9-11-13-23)32(28)27(24-14-19(2)29(34-6)20(3)15-24)25-16-21(4)30(35-7)22(5)17-25/h9-17,26-28H,8,18H2,1-7H3/t26-,28-,32?/m1/s1. The fraction of sp³-hybridized carbons (Fsp3) is 0.387. The number of ether oxygens (including phenoxy) is 3. The van der Waals surface area contributed by atoms with Gasteiger partial charge in [-0.3, -0.25) is 9.69 Å². The zero-order valence-corrected chi connectivity index (χ0v) is 22.4. The Morgan fingerprint density at radius 2 is 1.31 bits per heavy atom. The Morgan fingerprint density at radius 3 is 1.72 bits per heavy atom. The zero-order chi connectivity index (χ0) is 26.0. The number of nitrogens with zero attached hydrogens (tertiary/aromatic N) is 1. The monoisotopic (exact) mass is 487 g/mol. The molecule has 0 saturated carbocycles. The van der Waals surface area contributed by atoms with Crippen LogP contribution in [0.1, 0.15) is 51.9 Å². The highest BCUT2D eigenvalue weighted by Gasteiger charge is 2.57. The van der Waals surface area contributed by atoms with E-state index in [-0.39, 0.29) is 24.1 Å². The van der Waals surface area contributed by atoms with Crippen molar-refractivity contribution in [1.29, 1.82) is 0 Å². The lowest BCUT2D eigenvalue weighted by Gasteiger charge is -2.25. The summed E-state index contributed by atoms with van der Waals surface area (Å²) >= 11 is 0. The van der Waals surface area contributed by atoms with Crippen molar-refractivity contribution >= 4 is 5.97 Å². The maximum atomic E-state index is 13.1. The van der Waals surface area contributed by atoms with Crippen LogP contribution in [-0.2, 0) is 16.0 Å². The molecule has 3 aromatic carbocycles. The van der Waals surface area contributed by atoms with E-state index < -0.39 is 0 Å². The predicted molar refractivity (Wildman–Crippen MR) is 143 cm³/mol. The lowest BCUT2D eigenvalue weighted by molar-refractivity contribution is -0.143. The maximum Gasteiger partial charge on any atom is 0.325 e. The molecule has 1 heterocycles. The van der Waals surface area contributed by atoms with Gasteiger partial charge in [0.15, 0.2) is 0 Å². The molecule has 0 amide bonds. The Bertz CT molecular complexity index is 1130. The first-order chi connectivity index (χ1) is 17.3. The van der Waals surface area contributed by atoms with E-state index in [9.17, 15) is 4.79 Å². The Labute approximate surface area is 215 Å². The second-order valence-corrected chi connectivity index (χ2v) is 9.68. The second kappa shape index (κ2) is 10.8. The van der Waals surface area contributed by atoms with Crippen molar-refractivity contribution in [3.8, 4) is 11.5 Å². The van der Waals surface area contributed by atoms with Crippen LogP contribution in [0.5, 0.6) is 11.5 Å². The molecule has 5 heteroatoms. The molecule has 5 nitrogen and oxygen atoms in total. The Hall–Kier alpha value is -3.31. The predicted octanol–water partition coefficient (Wildman–Crippen LogP) is 5.89. The fourth-order valence-electron chi connectivity index (χ4n) is 5.69. The molecular weight excluding hydrogens is 450 g/mol. The van der Waals surface area contributed by atoms with Crippen molar-refractivity contribution in [2.75, 3.05) is 20.8 Å². The minimum absolute atomic E-state index is 0.0434. The third-order valence-corrected chi connectivity index (χ3v) is 7.10. The quantitative estimate of drug-likeness (QED) is 0.278. The van der Waals surface area contributed by atoms with Crippen LogP contribution in [0.15, 0.2) is 54.6 Å². The molecule has 1 aliphatic heterocycles. The molecule has 0 aliphatic carbocycles. The van der Waals surface area contributed by atoms with Gasteiger partial charge in [0.1, 0.15) is 17.5 Å². The topological polar surface area (TPSA) is 47.8 Å². The number of rotatable bonds is 9. The van der Waals surface area contributed by atoms with Gasteiger partial charge in [0, 0.05) is 6.04 Å². The molecule has 1 unspecified atom stereocenters. The van der Waals surface area contributed by atoms with E-state index in [1.165, 1.54) is 5.56 Å². The van der Waals surface area contributed by atoms with Crippen molar-refractivity contribution < 1.29 is 19.0 Å². The van der Waals surface area contributed by atoms with Crippen LogP contribution in [0.4, 0.5) is 0 Å². The van der Waals surface area contributed by atoms with E-state index in [1.807, 2.05) is 25.1 Å². The van der Waals surface area contributed by atoms with E-state index >= 15 is 0 Å². The fourth-order valence-corrected chi connectivity index (χ4v) is 5.69. The molecule has 4 rings (SSSR count). The van der Waals surface area contributed by atoms with Crippen LogP contribution in [0, 0.1) is 27.7 Å². The number of hydrogen-bond donors (Lipinski definition) is 0. The first-order valence-electron chi connectivity index (χ1n) is 12.6. The Balaban J connectivity index is 1.85. The van der Waals surface area contributed by atoms with E-state index in [1.54, 1.807) is 14.2 Å². The summed E-state index contributed by atoms with van der Waals surface area (Å²) in [5, 5.41) is 0. The van der Waals surface area contributed by atoms with Crippen molar-refractivity contribution in [3.05, 3.63) is 93.5 Å². The van der Waals surface area contributed by atoms with Gasteiger partial charge < -0.3 is 14.2 Å². The van der Waals surface area contributed by atoms with Gasteiger partial charge in [-0.15, -0.1) is 0 Å². The minimum atomic E-state index is -0.305. The molecule has 0 aromatic heterocycles. The zero-order valence-electron chi connectivity index (χ0n) is 22.4. The van der Waals surface area contributed by atoms with E-state index in [0.29, 0.717) is 6.61 Å². The van der Waals surface area contributed by atoms with Gasteiger partial charge in [-0.05, 0) is 80.0 Å². The number of hydrogen-bond acceptors (Lipinski definition) is 5. The van der Waals surface area contributed by atoms with E-state index in [4.69, 9.17) is 14.2 Å². The number of carbonyl (C=O) groups excluding carboxylic acids is 1. The molecule has 0 bridgehead atoms. The third kappa shape index (κ3) is 4.98. The van der Waals surface area contributed by atoms with Crippen LogP contribution in [-0.4, -0.2) is 43.8 Å². The van der Waals surface area contributed by atoms with Crippen molar-refractivity contribution in [1.82, 2.24) is 4.90 Å². The number of methoxy groups -OCH3 is 2. The van der Waals surface area contributed by atoms with Crippen LogP contribution in [0.25, 0.3) is 0 Å². The molecule has 1 saturated heterocycles. The van der Waals surface area contributed by atoms with E-state index in [0.717, 1.165) is 51.3 Å². The van der Waals surface area contributed by atoms with Gasteiger partial charge in [-0.1, -0.05) is 54.6 Å². The maximum absolute atomic E-state index is 13.1. The molecule has 0 spiro atoms. The molecule has 0 N–H and O–H groups in total. The molecule has 0 radical (unpaired) electrons. The number of carbonyl (C=O) groups is 1. The first-order valence-corrected chi connectivity index (χ1v) is 12.6. The van der Waals surface area contributed by atoms with Gasteiger partial charge in [0.2, 0.25) is 0 Å². The third-order valence-electron chi connectivity index (χ3n) is 7.10. The molecule has 190 valence electrons. The van der Waals surface area contributed by atoms with Crippen LogP contribution in [0.3, 0.4) is 0 Å². The smallest absolute Gasteiger partial charge is 0.325 e. The summed E-state index contributed by atoms with van der Waals surface area (Å²) in [4.78, 5) is 15.5. The van der Waals surface area contributed by atoms with Crippen LogP contribution in [0.2, 0.25) is 0 Å². The Kier molecular flexibility index (Phi) is 7.70. The number of aryl methyl sites for hydroxylation is 4. The van der Waals surface area contributed by atoms with Crippen LogP contribution < -0.4 is 9.47 Å². The van der Waals surface area contributed by atoms with Crippen molar-refractivity contribution in [2.45, 2.75) is 59.2 Å². The van der Waals surface area contributed by atoms with Gasteiger partial charge in [-0.25, -0.2) is 0 Å². The summed E-state index contributed by atoms with van der Waals surface area (Å²) in [6.07, 6.45) is 0.781. The normalized spacial score (nSPS) is 18.7. The second-order valence-electron chi connectivity index (χ2n) is 9.68. The van der Waals surface area contributed by atoms with Gasteiger partial charge in [-0.2, -0.15) is 0 Å². The molecular formula is C31H37NO4. The summed E-state index contributed by atoms with van der Waals surface area (Å²) in [5.41, 5.74) is 7.80. The lowest BCUT2D eigenvalue weighted by atomic mass is 9.92. The summed E-state index contributed by atoms with van der Waals surface area (Å²) < 4.78 is 16.8. The molecule has 3 aromatic rings. The largest absolute Gasteiger partial charge is 0.496 e. The molecule has 1 aliphatic rings. The van der Waals surface area contributed by atoms with Gasteiger partial charge >= 0.3 is 5.97 Å². The first kappa shape index (κ1) is 25.8. The van der Waals surface area contributed by atoms with Gasteiger partial charge in [0.05, 0.1) is 26.9 Å². The highest BCUT2D eigenvalue weighted by Crippen LogP contribution is 2.46. The number of benzene rings is 3. The molecule has 36 heavy (non-hydrogen) atoms. The van der Waals surface area contributed by atoms with Crippen molar-refractivity contribution in [2.24, 2.45) is 0 Å². The van der Waals surface area contributed by atoms with Crippen LogP contribution >= 0.6 is 0 Å². The number of esters is 1. The average molecular weight is 488 g/mol. The highest BCUT2D eigenvalue weighted by atomic mass is 16.5. The summed E-state index contributed by atoms with van der Waals surface area (Å²) in [6.45, 7) is 10.5. The molecule has 1 fully saturated rings. The summed E-state index contributed by atoms with van der Waals surface area (Å²) in [5.74, 6) is 1.63. The summed E-state index contributed by atoms with van der Waals surface area (Å²) in [7, 11) is 3.42. The van der Waals surface area contributed by atoms with E-state index in [2.05, 4.69) is 69.0 Å². The lowest BCUT2D eigenvalue weighted by Crippen LogP contribution is -2.21. The molecule has 3 atom stereocenters. The highest BCUT2D eigenvalue weighted by molar-refractivity contribution is 5.81. The van der Waals surface area contributed by atoms with Crippen molar-refractivity contribution in [3.63, 3.8) is 0 Å². The summed E-state index contributed by atoms with van der Waals surface area (Å²) in [6, 6.07) is 18.7. The average Bonchev–Trinajstić information content (AvgIpc) is 3.52. The SMILES string of the molecule is CCOC(=O)[C@H]1[C@@H](Cc2ccccc2)N1C(c1cc(C)c(OC)c(C)c1)c1cc(C)c(OC)c(C)c1. The van der Waals surface area contributed by atoms with Gasteiger partial charge in [0.25, 0.3) is 0 Å². The minimum Gasteiger partial charge on any atom is -0.496 e.